The number of nitro groups is 1. The van der Waals surface area contributed by atoms with Gasteiger partial charge in [-0.25, -0.2) is 9.18 Å². The van der Waals surface area contributed by atoms with Crippen molar-refractivity contribution in [2.24, 2.45) is 0 Å². The summed E-state index contributed by atoms with van der Waals surface area (Å²) in [6, 6.07) is 1.63. The number of carboxylic acids is 1. The largest absolute Gasteiger partial charge is 0.478 e. The second-order valence-electron chi connectivity index (χ2n) is 2.98. The van der Waals surface area contributed by atoms with Gasteiger partial charge in [0.25, 0.3) is 5.69 Å². The van der Waals surface area contributed by atoms with Crippen molar-refractivity contribution >= 4 is 24.0 Å². The summed E-state index contributed by atoms with van der Waals surface area (Å²) in [6.07, 6.45) is 1.59. The minimum atomic E-state index is -1.33. The highest BCUT2D eigenvalue weighted by Gasteiger charge is 2.14. The fourth-order valence-electron chi connectivity index (χ4n) is 1.13. The third kappa shape index (κ3) is 2.94. The van der Waals surface area contributed by atoms with E-state index >= 15 is 0 Å². The third-order valence-electron chi connectivity index (χ3n) is 1.86. The van der Waals surface area contributed by atoms with Gasteiger partial charge in [-0.15, -0.1) is 0 Å². The summed E-state index contributed by atoms with van der Waals surface area (Å²) in [5.41, 5.74) is -1.31. The van der Waals surface area contributed by atoms with Crippen LogP contribution in [-0.2, 0) is 4.79 Å². The van der Waals surface area contributed by atoms with Crippen LogP contribution in [0.2, 0.25) is 0 Å². The van der Waals surface area contributed by atoms with Crippen LogP contribution in [0.15, 0.2) is 18.2 Å². The maximum absolute atomic E-state index is 13.5. The lowest BCUT2D eigenvalue weighted by Crippen LogP contribution is -1.97. The number of nitrogens with zero attached hydrogens (tertiary/aromatic N) is 1. The highest BCUT2D eigenvalue weighted by molar-refractivity contribution is 5.86. The number of carboxylic acid groups (broad SMARTS) is 1. The van der Waals surface area contributed by atoms with Crippen LogP contribution in [0.4, 0.5) is 10.1 Å². The molecule has 1 aromatic carbocycles. The van der Waals surface area contributed by atoms with E-state index in [-0.39, 0.29) is 11.8 Å². The summed E-state index contributed by atoms with van der Waals surface area (Å²) in [4.78, 5) is 30.4. The average molecular weight is 239 g/mol. The molecule has 1 rings (SSSR count). The van der Waals surface area contributed by atoms with Crippen molar-refractivity contribution in [3.63, 3.8) is 0 Å². The molecule has 0 fully saturated rings. The van der Waals surface area contributed by atoms with Crippen LogP contribution in [0.1, 0.15) is 15.9 Å². The number of benzene rings is 1. The molecule has 0 aliphatic heterocycles. The van der Waals surface area contributed by atoms with Gasteiger partial charge < -0.3 is 5.11 Å². The van der Waals surface area contributed by atoms with Gasteiger partial charge in [0.05, 0.1) is 10.5 Å². The number of hydrogen-bond donors (Lipinski definition) is 1. The molecule has 0 bridgehead atoms. The molecule has 0 radical (unpaired) electrons. The number of aldehydes is 1. The molecular weight excluding hydrogens is 233 g/mol. The molecule has 0 spiro atoms. The van der Waals surface area contributed by atoms with Gasteiger partial charge in [-0.1, -0.05) is 0 Å². The lowest BCUT2D eigenvalue weighted by atomic mass is 10.1. The summed E-state index contributed by atoms with van der Waals surface area (Å²) in [5, 5.41) is 18.9. The van der Waals surface area contributed by atoms with Crippen molar-refractivity contribution in [3.8, 4) is 0 Å². The molecule has 0 aromatic heterocycles. The Bertz CT molecular complexity index is 524. The molecule has 0 unspecified atom stereocenters. The van der Waals surface area contributed by atoms with E-state index in [0.29, 0.717) is 6.08 Å². The molecule has 0 heterocycles. The van der Waals surface area contributed by atoms with Crippen LogP contribution >= 0.6 is 0 Å². The van der Waals surface area contributed by atoms with Crippen LogP contribution in [0.5, 0.6) is 0 Å². The predicted octanol–water partition coefficient (Wildman–Crippen LogP) is 1.64. The second kappa shape index (κ2) is 4.97. The Morgan fingerprint density at radius 3 is 2.47 bits per heavy atom. The lowest BCUT2D eigenvalue weighted by Gasteiger charge is -2.00. The van der Waals surface area contributed by atoms with Gasteiger partial charge in [-0.3, -0.25) is 14.9 Å². The number of carbonyl (C=O) groups excluding carboxylic acids is 1. The molecule has 7 heteroatoms. The van der Waals surface area contributed by atoms with E-state index in [0.717, 1.165) is 18.2 Å². The lowest BCUT2D eigenvalue weighted by molar-refractivity contribution is -0.384. The molecule has 88 valence electrons. The SMILES string of the molecule is O=Cc1cc([N+](=O)[O-])cc(/C=C/C(=O)O)c1F. The first-order chi connectivity index (χ1) is 7.95. The molecule has 6 nitrogen and oxygen atoms in total. The quantitative estimate of drug-likeness (QED) is 0.373. The monoisotopic (exact) mass is 239 g/mol. The van der Waals surface area contributed by atoms with Crippen molar-refractivity contribution < 1.29 is 24.0 Å². The fourth-order valence-corrected chi connectivity index (χ4v) is 1.13. The van der Waals surface area contributed by atoms with Crippen LogP contribution in [-0.4, -0.2) is 22.3 Å². The van der Waals surface area contributed by atoms with Gasteiger partial charge in [0.2, 0.25) is 0 Å². The zero-order chi connectivity index (χ0) is 13.0. The van der Waals surface area contributed by atoms with Crippen molar-refractivity contribution in [2.45, 2.75) is 0 Å². The van der Waals surface area contributed by atoms with E-state index in [1.807, 2.05) is 0 Å². The van der Waals surface area contributed by atoms with Gasteiger partial charge >= 0.3 is 5.97 Å². The van der Waals surface area contributed by atoms with Gasteiger partial charge in [-0.05, 0) is 6.08 Å². The summed E-state index contributed by atoms with van der Waals surface area (Å²) < 4.78 is 13.5. The van der Waals surface area contributed by atoms with Crippen molar-refractivity contribution in [1.29, 1.82) is 0 Å². The molecule has 0 aliphatic rings. The molecule has 0 amide bonds. The van der Waals surface area contributed by atoms with Crippen molar-refractivity contribution in [1.82, 2.24) is 0 Å². The molecule has 0 atom stereocenters. The van der Waals surface area contributed by atoms with Gasteiger partial charge in [-0.2, -0.15) is 0 Å². The van der Waals surface area contributed by atoms with Crippen LogP contribution in [0.25, 0.3) is 6.08 Å². The van der Waals surface area contributed by atoms with Crippen LogP contribution < -0.4 is 0 Å². The smallest absolute Gasteiger partial charge is 0.328 e. The number of nitro benzene ring substituents is 1. The maximum atomic E-state index is 13.5. The first kappa shape index (κ1) is 12.5. The Hall–Kier alpha value is -2.57. The van der Waals surface area contributed by atoms with Crippen molar-refractivity contribution in [3.05, 3.63) is 45.3 Å². The molecule has 17 heavy (non-hydrogen) atoms. The summed E-state index contributed by atoms with van der Waals surface area (Å²) in [6.45, 7) is 0. The number of non-ortho nitro benzene ring substituents is 1. The molecule has 1 aromatic rings. The molecular formula is C10H6FNO5. The number of halogens is 1. The highest BCUT2D eigenvalue weighted by Crippen LogP contribution is 2.21. The minimum absolute atomic E-state index is 0.125. The fraction of sp³-hybridized carbons (Fsp3) is 0. The Morgan fingerprint density at radius 2 is 2.00 bits per heavy atom. The maximum Gasteiger partial charge on any atom is 0.328 e. The Balaban J connectivity index is 3.37. The average Bonchev–Trinajstić information content (AvgIpc) is 2.27. The standard InChI is InChI=1S/C10H6FNO5/c11-10-6(1-2-9(14)15)3-8(12(16)17)4-7(10)5-13/h1-5H,(H,14,15)/b2-1+. The topological polar surface area (TPSA) is 97.5 Å². The van der Waals surface area contributed by atoms with E-state index in [2.05, 4.69) is 0 Å². The van der Waals surface area contributed by atoms with Crippen LogP contribution in [0, 0.1) is 15.9 Å². The van der Waals surface area contributed by atoms with E-state index < -0.39 is 28.0 Å². The number of rotatable bonds is 4. The first-order valence-corrected chi connectivity index (χ1v) is 4.30. The predicted molar refractivity (Wildman–Crippen MR) is 55.1 cm³/mol. The number of hydrogen-bond acceptors (Lipinski definition) is 4. The van der Waals surface area contributed by atoms with Crippen LogP contribution in [0.3, 0.4) is 0 Å². The zero-order valence-electron chi connectivity index (χ0n) is 8.29. The van der Waals surface area contributed by atoms with Gasteiger partial charge in [0.15, 0.2) is 6.29 Å². The van der Waals surface area contributed by atoms with Gasteiger partial charge in [0, 0.05) is 23.8 Å². The van der Waals surface area contributed by atoms with Gasteiger partial charge in [0.1, 0.15) is 5.82 Å². The Labute approximate surface area is 94.1 Å². The number of aliphatic carboxylic acids is 1. The second-order valence-corrected chi connectivity index (χ2v) is 2.98. The van der Waals surface area contributed by atoms with Crippen molar-refractivity contribution in [2.75, 3.05) is 0 Å². The first-order valence-electron chi connectivity index (χ1n) is 4.30. The molecule has 0 saturated carbocycles. The van der Waals surface area contributed by atoms with E-state index in [1.165, 1.54) is 0 Å². The zero-order valence-corrected chi connectivity index (χ0v) is 8.29. The Morgan fingerprint density at radius 1 is 1.41 bits per heavy atom. The molecule has 0 aliphatic carbocycles. The third-order valence-corrected chi connectivity index (χ3v) is 1.86. The number of carbonyl (C=O) groups is 2. The minimum Gasteiger partial charge on any atom is -0.478 e. The summed E-state index contributed by atoms with van der Waals surface area (Å²) in [5.74, 6) is -2.33. The Kier molecular flexibility index (Phi) is 3.66. The van der Waals surface area contributed by atoms with E-state index in [4.69, 9.17) is 5.11 Å². The summed E-state index contributed by atoms with van der Waals surface area (Å²) in [7, 11) is 0. The normalized spacial score (nSPS) is 10.4. The summed E-state index contributed by atoms with van der Waals surface area (Å²) >= 11 is 0. The van der Waals surface area contributed by atoms with E-state index in [9.17, 15) is 24.1 Å². The van der Waals surface area contributed by atoms with E-state index in [1.54, 1.807) is 0 Å². The highest BCUT2D eigenvalue weighted by atomic mass is 19.1. The molecule has 1 N–H and O–H groups in total. The molecule has 0 saturated heterocycles.